The number of hydrogen-bond donors (Lipinski definition) is 2. The first-order valence-corrected chi connectivity index (χ1v) is 3.74. The molecule has 10 heavy (non-hydrogen) atoms. The van der Waals surface area contributed by atoms with Gasteiger partial charge in [0.05, 0.1) is 18.8 Å². The number of hydrogen-bond acceptors (Lipinski definition) is 3. The molecule has 0 heterocycles. The maximum Gasteiger partial charge on any atom is 0.0781 e. The molecule has 1 aliphatic rings. The fraction of sp³-hybridized carbons (Fsp3) is 1.00. The van der Waals surface area contributed by atoms with Crippen molar-refractivity contribution in [3.63, 3.8) is 0 Å². The molecule has 0 aromatic carbocycles. The van der Waals surface area contributed by atoms with Gasteiger partial charge in [0, 0.05) is 6.04 Å². The molecule has 1 saturated carbocycles. The minimum atomic E-state index is -0.0301. The van der Waals surface area contributed by atoms with E-state index in [0.29, 0.717) is 12.1 Å². The SMILES string of the molecule is CC(CO)OC1CC(N)C1. The van der Waals surface area contributed by atoms with Gasteiger partial charge in [-0.05, 0) is 19.8 Å². The first kappa shape index (κ1) is 7.98. The average Bonchev–Trinajstić information content (AvgIpc) is 1.84. The molecule has 3 nitrogen and oxygen atoms in total. The molecule has 0 amide bonds. The summed E-state index contributed by atoms with van der Waals surface area (Å²) < 4.78 is 5.38. The summed E-state index contributed by atoms with van der Waals surface area (Å²) in [5.41, 5.74) is 5.54. The van der Waals surface area contributed by atoms with Gasteiger partial charge in [-0.25, -0.2) is 0 Å². The van der Waals surface area contributed by atoms with Gasteiger partial charge in [0.15, 0.2) is 0 Å². The largest absolute Gasteiger partial charge is 0.394 e. The monoisotopic (exact) mass is 145 g/mol. The van der Waals surface area contributed by atoms with E-state index in [0.717, 1.165) is 12.8 Å². The molecule has 3 heteroatoms. The summed E-state index contributed by atoms with van der Waals surface area (Å²) in [4.78, 5) is 0. The Morgan fingerprint density at radius 2 is 2.30 bits per heavy atom. The van der Waals surface area contributed by atoms with Crippen molar-refractivity contribution in [2.75, 3.05) is 6.61 Å². The van der Waals surface area contributed by atoms with Crippen molar-refractivity contribution < 1.29 is 9.84 Å². The molecular weight excluding hydrogens is 130 g/mol. The van der Waals surface area contributed by atoms with Crippen LogP contribution >= 0.6 is 0 Å². The number of aliphatic hydroxyl groups is 1. The lowest BCUT2D eigenvalue weighted by Gasteiger charge is -2.33. The predicted octanol–water partition coefficient (Wildman–Crippen LogP) is -0.127. The first-order chi connectivity index (χ1) is 4.72. The van der Waals surface area contributed by atoms with Gasteiger partial charge in [-0.15, -0.1) is 0 Å². The van der Waals surface area contributed by atoms with E-state index in [9.17, 15) is 0 Å². The molecule has 0 aromatic heterocycles. The smallest absolute Gasteiger partial charge is 0.0781 e. The highest BCUT2D eigenvalue weighted by Gasteiger charge is 2.27. The molecule has 60 valence electrons. The Morgan fingerprint density at radius 1 is 1.70 bits per heavy atom. The summed E-state index contributed by atoms with van der Waals surface area (Å²) in [6, 6.07) is 0.330. The summed E-state index contributed by atoms with van der Waals surface area (Å²) >= 11 is 0. The molecule has 1 unspecified atom stereocenters. The van der Waals surface area contributed by atoms with Crippen molar-refractivity contribution in [2.45, 2.75) is 38.0 Å². The lowest BCUT2D eigenvalue weighted by Crippen LogP contribution is -2.43. The quantitative estimate of drug-likeness (QED) is 0.582. The van der Waals surface area contributed by atoms with Crippen molar-refractivity contribution in [1.29, 1.82) is 0 Å². The Hall–Kier alpha value is -0.120. The highest BCUT2D eigenvalue weighted by atomic mass is 16.5. The van der Waals surface area contributed by atoms with Gasteiger partial charge in [0.1, 0.15) is 0 Å². The third-order valence-electron chi connectivity index (χ3n) is 1.81. The van der Waals surface area contributed by atoms with Gasteiger partial charge in [-0.2, -0.15) is 0 Å². The highest BCUT2D eigenvalue weighted by Crippen LogP contribution is 2.22. The molecule has 1 atom stereocenters. The van der Waals surface area contributed by atoms with Gasteiger partial charge in [0.25, 0.3) is 0 Å². The summed E-state index contributed by atoms with van der Waals surface area (Å²) in [6.45, 7) is 1.97. The zero-order valence-electron chi connectivity index (χ0n) is 6.29. The Labute approximate surface area is 61.2 Å². The van der Waals surface area contributed by atoms with E-state index in [1.807, 2.05) is 6.92 Å². The molecule has 0 radical (unpaired) electrons. The fourth-order valence-electron chi connectivity index (χ4n) is 1.09. The van der Waals surface area contributed by atoms with E-state index in [1.165, 1.54) is 0 Å². The molecule has 1 aliphatic carbocycles. The standard InChI is InChI=1S/C7H15NO2/c1-5(4-9)10-7-2-6(8)3-7/h5-7,9H,2-4,8H2,1H3. The summed E-state index contributed by atoms with van der Waals surface area (Å²) in [6.07, 6.45) is 2.17. The van der Waals surface area contributed by atoms with Crippen LogP contribution in [-0.2, 0) is 4.74 Å². The molecular formula is C7H15NO2. The average molecular weight is 145 g/mol. The molecule has 1 fully saturated rings. The van der Waals surface area contributed by atoms with Crippen molar-refractivity contribution in [3.05, 3.63) is 0 Å². The second kappa shape index (κ2) is 3.32. The fourth-order valence-corrected chi connectivity index (χ4v) is 1.09. The Kier molecular flexibility index (Phi) is 2.65. The van der Waals surface area contributed by atoms with E-state index in [-0.39, 0.29) is 12.7 Å². The van der Waals surface area contributed by atoms with Crippen LogP contribution in [0.15, 0.2) is 0 Å². The zero-order valence-corrected chi connectivity index (χ0v) is 6.29. The van der Waals surface area contributed by atoms with Gasteiger partial charge in [-0.1, -0.05) is 0 Å². The zero-order chi connectivity index (χ0) is 7.56. The van der Waals surface area contributed by atoms with Crippen molar-refractivity contribution in [1.82, 2.24) is 0 Å². The second-order valence-corrected chi connectivity index (χ2v) is 2.98. The van der Waals surface area contributed by atoms with Crippen LogP contribution in [0.3, 0.4) is 0 Å². The molecule has 0 aromatic rings. The van der Waals surface area contributed by atoms with Crippen LogP contribution in [0.2, 0.25) is 0 Å². The van der Waals surface area contributed by atoms with E-state index in [2.05, 4.69) is 0 Å². The maximum atomic E-state index is 8.61. The molecule has 0 bridgehead atoms. The minimum absolute atomic E-state index is 0.0301. The topological polar surface area (TPSA) is 55.5 Å². The molecule has 0 aliphatic heterocycles. The number of aliphatic hydroxyl groups excluding tert-OH is 1. The maximum absolute atomic E-state index is 8.61. The third-order valence-corrected chi connectivity index (χ3v) is 1.81. The summed E-state index contributed by atoms with van der Waals surface area (Å²) in [5.74, 6) is 0. The van der Waals surface area contributed by atoms with E-state index in [1.54, 1.807) is 0 Å². The third kappa shape index (κ3) is 1.94. The van der Waals surface area contributed by atoms with Crippen LogP contribution in [0.5, 0.6) is 0 Å². The summed E-state index contributed by atoms with van der Waals surface area (Å²) in [7, 11) is 0. The Morgan fingerprint density at radius 3 is 2.70 bits per heavy atom. The van der Waals surface area contributed by atoms with Crippen LogP contribution in [0.1, 0.15) is 19.8 Å². The summed E-state index contributed by atoms with van der Waals surface area (Å²) in [5, 5.41) is 8.61. The Bertz CT molecular complexity index is 102. The second-order valence-electron chi connectivity index (χ2n) is 2.98. The Balaban J connectivity index is 2.04. The molecule has 1 rings (SSSR count). The lowest BCUT2D eigenvalue weighted by atomic mass is 9.90. The molecule has 0 spiro atoms. The van der Waals surface area contributed by atoms with Crippen molar-refractivity contribution in [2.24, 2.45) is 5.73 Å². The lowest BCUT2D eigenvalue weighted by molar-refractivity contribution is -0.0692. The minimum Gasteiger partial charge on any atom is -0.394 e. The molecule has 3 N–H and O–H groups in total. The first-order valence-electron chi connectivity index (χ1n) is 3.74. The van der Waals surface area contributed by atoms with Crippen LogP contribution in [0, 0.1) is 0 Å². The number of rotatable bonds is 3. The normalized spacial score (nSPS) is 35.1. The van der Waals surface area contributed by atoms with Crippen molar-refractivity contribution in [3.8, 4) is 0 Å². The number of ether oxygens (including phenoxy) is 1. The van der Waals surface area contributed by atoms with Crippen LogP contribution in [-0.4, -0.2) is 30.0 Å². The van der Waals surface area contributed by atoms with E-state index in [4.69, 9.17) is 15.6 Å². The van der Waals surface area contributed by atoms with Gasteiger partial charge >= 0.3 is 0 Å². The van der Waals surface area contributed by atoms with Gasteiger partial charge in [0.2, 0.25) is 0 Å². The van der Waals surface area contributed by atoms with Crippen molar-refractivity contribution >= 4 is 0 Å². The van der Waals surface area contributed by atoms with E-state index >= 15 is 0 Å². The van der Waals surface area contributed by atoms with Crippen LogP contribution in [0.4, 0.5) is 0 Å². The van der Waals surface area contributed by atoms with Gasteiger partial charge in [-0.3, -0.25) is 0 Å². The number of nitrogens with two attached hydrogens (primary N) is 1. The highest BCUT2D eigenvalue weighted by molar-refractivity contribution is 4.83. The van der Waals surface area contributed by atoms with Crippen LogP contribution in [0.25, 0.3) is 0 Å². The predicted molar refractivity (Wildman–Crippen MR) is 38.6 cm³/mol. The molecule has 0 saturated heterocycles. The van der Waals surface area contributed by atoms with E-state index < -0.39 is 0 Å². The van der Waals surface area contributed by atoms with Gasteiger partial charge < -0.3 is 15.6 Å². The van der Waals surface area contributed by atoms with Crippen LogP contribution < -0.4 is 5.73 Å².